The van der Waals surface area contributed by atoms with Crippen molar-refractivity contribution in [3.8, 4) is 0 Å². The first-order valence-electron chi connectivity index (χ1n) is 5.43. The number of hydrogen-bond donors (Lipinski definition) is 3. The van der Waals surface area contributed by atoms with E-state index in [0.717, 1.165) is 0 Å². The highest BCUT2D eigenvalue weighted by Gasteiger charge is 2.13. The van der Waals surface area contributed by atoms with Crippen molar-refractivity contribution in [2.24, 2.45) is 5.84 Å². The van der Waals surface area contributed by atoms with Crippen molar-refractivity contribution in [2.75, 3.05) is 12.0 Å². The van der Waals surface area contributed by atoms with Crippen LogP contribution >= 0.6 is 0 Å². The van der Waals surface area contributed by atoms with Crippen molar-refractivity contribution in [2.45, 2.75) is 11.3 Å². The van der Waals surface area contributed by atoms with Crippen molar-refractivity contribution in [1.29, 1.82) is 0 Å². The molecule has 1 heterocycles. The molecule has 0 bridgehead atoms. The molecule has 0 aliphatic rings. The summed E-state index contributed by atoms with van der Waals surface area (Å²) in [6.45, 7) is 0.193. The van der Waals surface area contributed by atoms with Gasteiger partial charge in [-0.05, 0) is 24.3 Å². The molecule has 4 N–H and O–H groups in total. The SMILES string of the molecule is NNc1ccc(S(=O)(=O)NCCc2ncon2)cc1. The fraction of sp³-hybridized carbons (Fsp3) is 0.200. The van der Waals surface area contributed by atoms with Crippen LogP contribution in [0.15, 0.2) is 40.1 Å². The van der Waals surface area contributed by atoms with E-state index in [1.807, 2.05) is 0 Å². The van der Waals surface area contributed by atoms with E-state index in [1.165, 1.54) is 18.5 Å². The lowest BCUT2D eigenvalue weighted by Crippen LogP contribution is -2.26. The molecule has 9 heteroatoms. The molecule has 0 radical (unpaired) electrons. The number of sulfonamides is 1. The maximum absolute atomic E-state index is 11.9. The summed E-state index contributed by atoms with van der Waals surface area (Å²) in [4.78, 5) is 3.96. The highest BCUT2D eigenvalue weighted by atomic mass is 32.2. The van der Waals surface area contributed by atoms with E-state index in [2.05, 4.69) is 24.8 Å². The van der Waals surface area contributed by atoms with Crippen LogP contribution < -0.4 is 16.0 Å². The highest BCUT2D eigenvalue weighted by Crippen LogP contribution is 2.12. The second-order valence-corrected chi connectivity index (χ2v) is 5.43. The number of nitrogens with two attached hydrogens (primary N) is 1. The minimum absolute atomic E-state index is 0.166. The van der Waals surface area contributed by atoms with Gasteiger partial charge in [-0.1, -0.05) is 5.16 Å². The Labute approximate surface area is 110 Å². The molecule has 0 saturated carbocycles. The lowest BCUT2D eigenvalue weighted by atomic mass is 10.3. The van der Waals surface area contributed by atoms with Gasteiger partial charge in [0.1, 0.15) is 0 Å². The summed E-state index contributed by atoms with van der Waals surface area (Å²) in [7, 11) is -3.54. The summed E-state index contributed by atoms with van der Waals surface area (Å²) in [5, 5.41) is 3.59. The van der Waals surface area contributed by atoms with Gasteiger partial charge >= 0.3 is 0 Å². The Hall–Kier alpha value is -1.97. The molecule has 2 rings (SSSR count). The fourth-order valence-corrected chi connectivity index (χ4v) is 2.45. The normalized spacial score (nSPS) is 11.4. The second kappa shape index (κ2) is 5.78. The molecule has 0 aliphatic carbocycles. The standard InChI is InChI=1S/C10H13N5O3S/c11-14-8-1-3-9(4-2-8)19(16,17)13-6-5-10-12-7-18-15-10/h1-4,7,13-14H,5-6,11H2. The lowest BCUT2D eigenvalue weighted by molar-refractivity contribution is 0.410. The van der Waals surface area contributed by atoms with E-state index < -0.39 is 10.0 Å². The molecule has 19 heavy (non-hydrogen) atoms. The van der Waals surface area contributed by atoms with Crippen LogP contribution in [-0.2, 0) is 16.4 Å². The van der Waals surface area contributed by atoms with Gasteiger partial charge in [0.2, 0.25) is 16.4 Å². The van der Waals surface area contributed by atoms with Gasteiger partial charge in [0, 0.05) is 18.7 Å². The number of benzene rings is 1. The molecule has 0 amide bonds. The zero-order valence-corrected chi connectivity index (χ0v) is 10.7. The van der Waals surface area contributed by atoms with Crippen LogP contribution in [0.1, 0.15) is 5.82 Å². The number of hydrogen-bond acceptors (Lipinski definition) is 7. The third-order valence-corrected chi connectivity index (χ3v) is 3.86. The van der Waals surface area contributed by atoms with Crippen molar-refractivity contribution < 1.29 is 12.9 Å². The highest BCUT2D eigenvalue weighted by molar-refractivity contribution is 7.89. The lowest BCUT2D eigenvalue weighted by Gasteiger charge is -2.06. The van der Waals surface area contributed by atoms with Gasteiger partial charge in [0.05, 0.1) is 4.90 Å². The molecule has 0 unspecified atom stereocenters. The first kappa shape index (κ1) is 13.5. The monoisotopic (exact) mass is 283 g/mol. The molecule has 8 nitrogen and oxygen atoms in total. The van der Waals surface area contributed by atoms with Crippen molar-refractivity contribution >= 4 is 15.7 Å². The summed E-state index contributed by atoms with van der Waals surface area (Å²) in [5.41, 5.74) is 3.06. The van der Waals surface area contributed by atoms with Crippen molar-refractivity contribution in [3.05, 3.63) is 36.5 Å². The number of hydrazine groups is 1. The number of anilines is 1. The topological polar surface area (TPSA) is 123 Å². The van der Waals surface area contributed by atoms with Crippen molar-refractivity contribution in [3.63, 3.8) is 0 Å². The van der Waals surface area contributed by atoms with E-state index in [1.54, 1.807) is 12.1 Å². The fourth-order valence-electron chi connectivity index (χ4n) is 1.41. The summed E-state index contributed by atoms with van der Waals surface area (Å²) in [6, 6.07) is 6.08. The third kappa shape index (κ3) is 3.50. The van der Waals surface area contributed by atoms with Gasteiger partial charge in [-0.15, -0.1) is 0 Å². The molecular formula is C10H13N5O3S. The zero-order valence-electron chi connectivity index (χ0n) is 9.91. The van der Waals surface area contributed by atoms with Gasteiger partial charge in [0.25, 0.3) is 0 Å². The minimum Gasteiger partial charge on any atom is -0.343 e. The van der Waals surface area contributed by atoms with Crippen LogP contribution in [0.5, 0.6) is 0 Å². The molecule has 0 atom stereocenters. The van der Waals surface area contributed by atoms with E-state index in [0.29, 0.717) is 17.9 Å². The average Bonchev–Trinajstić information content (AvgIpc) is 2.92. The Balaban J connectivity index is 1.97. The first-order chi connectivity index (χ1) is 9.12. The molecular weight excluding hydrogens is 270 g/mol. The Morgan fingerprint density at radius 2 is 2.00 bits per heavy atom. The van der Waals surface area contributed by atoms with Crippen LogP contribution in [0.4, 0.5) is 5.69 Å². The van der Waals surface area contributed by atoms with Gasteiger partial charge in [0.15, 0.2) is 5.82 Å². The van der Waals surface area contributed by atoms with Gasteiger partial charge in [-0.3, -0.25) is 5.84 Å². The van der Waals surface area contributed by atoms with E-state index in [4.69, 9.17) is 5.84 Å². The summed E-state index contributed by atoms with van der Waals surface area (Å²) < 4.78 is 30.9. The van der Waals surface area contributed by atoms with E-state index in [-0.39, 0.29) is 11.4 Å². The second-order valence-electron chi connectivity index (χ2n) is 3.66. The summed E-state index contributed by atoms with van der Waals surface area (Å²) in [5.74, 6) is 5.65. The van der Waals surface area contributed by atoms with Crippen LogP contribution in [0.25, 0.3) is 0 Å². The molecule has 0 aliphatic heterocycles. The molecule has 0 saturated heterocycles. The van der Waals surface area contributed by atoms with Crippen LogP contribution in [0, 0.1) is 0 Å². The Kier molecular flexibility index (Phi) is 4.10. The van der Waals surface area contributed by atoms with Crippen molar-refractivity contribution in [1.82, 2.24) is 14.9 Å². The number of nitrogens with one attached hydrogen (secondary N) is 2. The maximum atomic E-state index is 11.9. The van der Waals surface area contributed by atoms with Crippen LogP contribution in [-0.4, -0.2) is 25.1 Å². The molecule has 0 fully saturated rings. The van der Waals surface area contributed by atoms with E-state index in [9.17, 15) is 8.42 Å². The molecule has 1 aromatic carbocycles. The van der Waals surface area contributed by atoms with Gasteiger partial charge in [-0.25, -0.2) is 13.1 Å². The van der Waals surface area contributed by atoms with E-state index >= 15 is 0 Å². The largest absolute Gasteiger partial charge is 0.343 e. The Bertz CT molecular complexity index is 609. The quantitative estimate of drug-likeness (QED) is 0.498. The number of nitrogen functional groups attached to an aromatic ring is 1. The molecule has 102 valence electrons. The van der Waals surface area contributed by atoms with Gasteiger partial charge < -0.3 is 9.95 Å². The zero-order chi connectivity index (χ0) is 13.7. The number of nitrogens with zero attached hydrogens (tertiary/aromatic N) is 2. The van der Waals surface area contributed by atoms with Gasteiger partial charge in [-0.2, -0.15) is 4.98 Å². The molecule has 1 aromatic heterocycles. The summed E-state index contributed by atoms with van der Waals surface area (Å²) in [6.07, 6.45) is 1.56. The summed E-state index contributed by atoms with van der Waals surface area (Å²) >= 11 is 0. The van der Waals surface area contributed by atoms with Crippen LogP contribution in [0.3, 0.4) is 0 Å². The first-order valence-corrected chi connectivity index (χ1v) is 6.92. The third-order valence-electron chi connectivity index (χ3n) is 2.38. The van der Waals surface area contributed by atoms with Crippen LogP contribution in [0.2, 0.25) is 0 Å². The predicted molar refractivity (Wildman–Crippen MR) is 67.4 cm³/mol. The molecule has 2 aromatic rings. The number of aromatic nitrogens is 2. The predicted octanol–water partition coefficient (Wildman–Crippen LogP) is -0.124. The number of rotatable bonds is 6. The Morgan fingerprint density at radius 3 is 2.58 bits per heavy atom. The smallest absolute Gasteiger partial charge is 0.240 e. The minimum atomic E-state index is -3.54. The average molecular weight is 283 g/mol. The maximum Gasteiger partial charge on any atom is 0.240 e. The Morgan fingerprint density at radius 1 is 1.26 bits per heavy atom. The molecule has 0 spiro atoms.